The first-order chi connectivity index (χ1) is 15.1. The molecule has 0 bridgehead atoms. The quantitative estimate of drug-likeness (QED) is 0.174. The topological polar surface area (TPSA) is 20.5 Å². The van der Waals surface area contributed by atoms with Gasteiger partial charge in [-0.15, -0.1) is 25.3 Å². The van der Waals surface area contributed by atoms with Crippen LogP contribution in [0.5, 0.6) is 0 Å². The van der Waals surface area contributed by atoms with Crippen LogP contribution in [0.3, 0.4) is 0 Å². The minimum Gasteiger partial charge on any atom is -0.344 e. The first-order valence-corrected chi connectivity index (χ1v) is 10.9. The number of benzene rings is 4. The molecule has 0 saturated carbocycles. The Morgan fingerprint density at radius 2 is 1.39 bits per heavy atom. The second-order valence-corrected chi connectivity index (χ2v) is 8.48. The molecular weight excluding hydrogens is 418 g/mol. The van der Waals surface area contributed by atoms with Crippen LogP contribution >= 0.6 is 25.3 Å². The van der Waals surface area contributed by atoms with Gasteiger partial charge in [0.2, 0.25) is 0 Å². The molecule has 0 radical (unpaired) electrons. The van der Waals surface area contributed by atoms with Gasteiger partial charge in [-0.2, -0.15) is 5.10 Å². The molecule has 5 rings (SSSR count). The van der Waals surface area contributed by atoms with E-state index in [1.165, 1.54) is 21.8 Å². The fourth-order valence-electron chi connectivity index (χ4n) is 3.90. The summed E-state index contributed by atoms with van der Waals surface area (Å²) < 4.78 is 2.22. The van der Waals surface area contributed by atoms with Gasteiger partial charge in [-0.3, -0.25) is 0 Å². The van der Waals surface area contributed by atoms with Crippen LogP contribution in [0.4, 0.5) is 11.4 Å². The van der Waals surface area contributed by atoms with Crippen LogP contribution < -0.4 is 5.01 Å². The summed E-state index contributed by atoms with van der Waals surface area (Å²) in [5.74, 6) is 0. The number of fused-ring (bicyclic) bond motifs is 3. The van der Waals surface area contributed by atoms with Crippen molar-refractivity contribution in [3.8, 4) is 0 Å². The highest BCUT2D eigenvalue weighted by Gasteiger charge is 2.10. The Kier molecular flexibility index (Phi) is 5.22. The van der Waals surface area contributed by atoms with Gasteiger partial charge >= 0.3 is 0 Å². The van der Waals surface area contributed by atoms with Crippen molar-refractivity contribution in [3.05, 3.63) is 96.6 Å². The number of hydrazone groups is 1. The summed E-state index contributed by atoms with van der Waals surface area (Å²) in [6.45, 7) is 0. The molecule has 0 unspecified atom stereocenters. The molecule has 0 N–H and O–H groups in total. The zero-order chi connectivity index (χ0) is 21.4. The number of para-hydroxylation sites is 1. The Bertz CT molecular complexity index is 1420. The summed E-state index contributed by atoms with van der Waals surface area (Å²) in [5.41, 5.74) is 5.37. The lowest BCUT2D eigenvalue weighted by Gasteiger charge is -2.19. The van der Waals surface area contributed by atoms with E-state index < -0.39 is 0 Å². The number of aryl methyl sites for hydroxylation is 1. The van der Waals surface area contributed by atoms with Crippen LogP contribution in [0, 0.1) is 0 Å². The monoisotopic (exact) mass is 439 g/mol. The van der Waals surface area contributed by atoms with Crippen molar-refractivity contribution in [1.82, 2.24) is 4.57 Å². The number of rotatable bonds is 4. The number of nitrogens with zero attached hydrogens (tertiary/aromatic N) is 3. The maximum Gasteiger partial charge on any atom is 0.0663 e. The van der Waals surface area contributed by atoms with Crippen molar-refractivity contribution in [3.63, 3.8) is 0 Å². The fraction of sp³-hybridized carbons (Fsp3) is 0.0385. The minimum absolute atomic E-state index is 0.897. The largest absolute Gasteiger partial charge is 0.344 e. The van der Waals surface area contributed by atoms with Crippen LogP contribution in [0.25, 0.3) is 21.8 Å². The molecular formula is C26H21N3S2. The fourth-order valence-corrected chi connectivity index (χ4v) is 4.33. The summed E-state index contributed by atoms with van der Waals surface area (Å²) in [7, 11) is 2.10. The highest BCUT2D eigenvalue weighted by molar-refractivity contribution is 7.80. The van der Waals surface area contributed by atoms with Crippen LogP contribution in [0.15, 0.2) is 106 Å². The van der Waals surface area contributed by atoms with E-state index in [-0.39, 0.29) is 0 Å². The van der Waals surface area contributed by atoms with Crippen molar-refractivity contribution in [1.29, 1.82) is 0 Å². The highest BCUT2D eigenvalue weighted by Crippen LogP contribution is 2.31. The summed E-state index contributed by atoms with van der Waals surface area (Å²) in [5, 5.41) is 9.16. The molecule has 4 aromatic carbocycles. The predicted octanol–water partition coefficient (Wildman–Crippen LogP) is 7.08. The van der Waals surface area contributed by atoms with Crippen molar-refractivity contribution >= 4 is 64.7 Å². The molecule has 1 aromatic heterocycles. The zero-order valence-electron chi connectivity index (χ0n) is 17.0. The smallest absolute Gasteiger partial charge is 0.0663 e. The van der Waals surface area contributed by atoms with Crippen LogP contribution in [-0.4, -0.2) is 10.8 Å². The number of thiol groups is 2. The number of hydrogen-bond acceptors (Lipinski definition) is 4. The molecule has 0 atom stereocenters. The molecule has 5 aromatic rings. The SMILES string of the molecule is Cn1c2ccc(S)cc2c2cc(/C=N/N(c3ccccc3)c3cccc(S)c3)ccc21. The van der Waals surface area contributed by atoms with Gasteiger partial charge in [0.05, 0.1) is 17.6 Å². The van der Waals surface area contributed by atoms with Gasteiger partial charge in [-0.05, 0) is 66.2 Å². The van der Waals surface area contributed by atoms with E-state index in [1.807, 2.05) is 71.9 Å². The average Bonchev–Trinajstić information content (AvgIpc) is 3.06. The summed E-state index contributed by atoms with van der Waals surface area (Å²) in [4.78, 5) is 1.86. The van der Waals surface area contributed by atoms with Crippen molar-refractivity contribution < 1.29 is 0 Å². The maximum absolute atomic E-state index is 4.84. The summed E-state index contributed by atoms with van der Waals surface area (Å²) in [6, 6.07) is 30.8. The van der Waals surface area contributed by atoms with Crippen molar-refractivity contribution in [2.45, 2.75) is 9.79 Å². The Balaban J connectivity index is 1.60. The summed E-state index contributed by atoms with van der Waals surface area (Å²) in [6.07, 6.45) is 1.90. The lowest BCUT2D eigenvalue weighted by atomic mass is 10.1. The van der Waals surface area contributed by atoms with E-state index in [4.69, 9.17) is 5.10 Å². The summed E-state index contributed by atoms with van der Waals surface area (Å²) >= 11 is 9.03. The van der Waals surface area contributed by atoms with E-state index in [1.54, 1.807) is 0 Å². The molecule has 152 valence electrons. The molecule has 0 aliphatic heterocycles. The van der Waals surface area contributed by atoms with Gasteiger partial charge in [-0.1, -0.05) is 30.3 Å². The standard InChI is InChI=1S/C26H21N3S2/c1-28-25-12-10-18(14-23(25)24-16-22(31)11-13-26(24)28)17-27-29(19-6-3-2-4-7-19)20-8-5-9-21(30)15-20/h2-17,30-31H,1H3/b27-17+. The van der Waals surface area contributed by atoms with Crippen molar-refractivity contribution in [2.24, 2.45) is 12.1 Å². The zero-order valence-corrected chi connectivity index (χ0v) is 18.8. The minimum atomic E-state index is 0.897. The van der Waals surface area contributed by atoms with Gasteiger partial charge in [-0.25, -0.2) is 5.01 Å². The molecule has 0 aliphatic rings. The van der Waals surface area contributed by atoms with E-state index >= 15 is 0 Å². The average molecular weight is 440 g/mol. The lowest BCUT2D eigenvalue weighted by molar-refractivity contribution is 1.01. The maximum atomic E-state index is 4.84. The van der Waals surface area contributed by atoms with Crippen LogP contribution in [0.1, 0.15) is 5.56 Å². The Morgan fingerprint density at radius 3 is 2.16 bits per heavy atom. The van der Waals surface area contributed by atoms with Gasteiger partial charge in [0.25, 0.3) is 0 Å². The Labute approximate surface area is 192 Å². The predicted molar refractivity (Wildman–Crippen MR) is 138 cm³/mol. The molecule has 0 saturated heterocycles. The molecule has 31 heavy (non-hydrogen) atoms. The number of aromatic nitrogens is 1. The normalized spacial score (nSPS) is 11.6. The van der Waals surface area contributed by atoms with Gasteiger partial charge in [0.1, 0.15) is 0 Å². The second kappa shape index (κ2) is 8.17. The lowest BCUT2D eigenvalue weighted by Crippen LogP contribution is -2.09. The van der Waals surface area contributed by atoms with Gasteiger partial charge < -0.3 is 4.57 Å². The molecule has 0 amide bonds. The first kappa shape index (κ1) is 19.8. The van der Waals surface area contributed by atoms with E-state index in [0.29, 0.717) is 0 Å². The van der Waals surface area contributed by atoms with Crippen molar-refractivity contribution in [2.75, 3.05) is 5.01 Å². The van der Waals surface area contributed by atoms with E-state index in [9.17, 15) is 0 Å². The van der Waals surface area contributed by atoms with E-state index in [2.05, 4.69) is 67.2 Å². The molecule has 3 nitrogen and oxygen atoms in total. The Morgan fingerprint density at radius 1 is 0.710 bits per heavy atom. The first-order valence-electron chi connectivity index (χ1n) is 9.99. The Hall–Kier alpha value is -3.15. The van der Waals surface area contributed by atoms with Crippen LogP contribution in [0.2, 0.25) is 0 Å². The highest BCUT2D eigenvalue weighted by atomic mass is 32.1. The molecule has 0 fully saturated rings. The second-order valence-electron chi connectivity index (χ2n) is 7.45. The van der Waals surface area contributed by atoms with Gasteiger partial charge in [0.15, 0.2) is 0 Å². The third kappa shape index (κ3) is 3.82. The molecule has 0 aliphatic carbocycles. The molecule has 1 heterocycles. The van der Waals surface area contributed by atoms with Crippen LogP contribution in [-0.2, 0) is 7.05 Å². The number of anilines is 2. The van der Waals surface area contributed by atoms with Gasteiger partial charge in [0, 0.05) is 38.6 Å². The van der Waals surface area contributed by atoms with E-state index in [0.717, 1.165) is 26.7 Å². The molecule has 0 spiro atoms. The number of hydrogen-bond donors (Lipinski definition) is 2. The third-order valence-electron chi connectivity index (χ3n) is 5.41. The third-order valence-corrected chi connectivity index (χ3v) is 5.97. The molecule has 5 heteroatoms.